The molecule has 2 unspecified atom stereocenters. The first-order chi connectivity index (χ1) is 9.47. The lowest BCUT2D eigenvalue weighted by Gasteiger charge is -2.44. The first-order valence-electron chi connectivity index (χ1n) is 7.48. The third kappa shape index (κ3) is 4.67. The minimum atomic E-state index is -0.599. The van der Waals surface area contributed by atoms with Crippen molar-refractivity contribution in [3.8, 4) is 0 Å². The van der Waals surface area contributed by atoms with Crippen LogP contribution in [0.2, 0.25) is 0 Å². The Morgan fingerprint density at radius 3 is 2.40 bits per heavy atom. The van der Waals surface area contributed by atoms with Crippen molar-refractivity contribution in [2.24, 2.45) is 5.73 Å². The monoisotopic (exact) mass is 285 g/mol. The standard InChI is InChI=1S/C14H27N3O3/c1-4-5-9-20-13(18)10-16(14(15)19)17-11(2)7-6-8-12(17)3/h11-12H,4-10H2,1-3H3,(H2,15,19). The maximum Gasteiger partial charge on any atom is 0.329 e. The van der Waals surface area contributed by atoms with Crippen LogP contribution >= 0.6 is 0 Å². The molecule has 1 heterocycles. The van der Waals surface area contributed by atoms with Crippen molar-refractivity contribution < 1.29 is 14.3 Å². The average molecular weight is 285 g/mol. The van der Waals surface area contributed by atoms with Crippen LogP contribution in [0.15, 0.2) is 0 Å². The summed E-state index contributed by atoms with van der Waals surface area (Å²) in [5.41, 5.74) is 5.43. The molecule has 0 aromatic heterocycles. The number of nitrogens with two attached hydrogens (primary N) is 1. The van der Waals surface area contributed by atoms with E-state index in [1.165, 1.54) is 5.01 Å². The first-order valence-corrected chi connectivity index (χ1v) is 7.48. The smallest absolute Gasteiger partial charge is 0.329 e. The van der Waals surface area contributed by atoms with E-state index in [4.69, 9.17) is 10.5 Å². The number of ether oxygens (including phenoxy) is 1. The number of carbonyl (C=O) groups excluding carboxylic acids is 2. The Morgan fingerprint density at radius 2 is 1.90 bits per heavy atom. The summed E-state index contributed by atoms with van der Waals surface area (Å²) in [5.74, 6) is -0.401. The summed E-state index contributed by atoms with van der Waals surface area (Å²) in [4.78, 5) is 23.4. The van der Waals surface area contributed by atoms with Crippen LogP contribution in [-0.2, 0) is 9.53 Å². The number of urea groups is 1. The largest absolute Gasteiger partial charge is 0.464 e. The topological polar surface area (TPSA) is 75.9 Å². The Kier molecular flexibility index (Phi) is 6.78. The van der Waals surface area contributed by atoms with Crippen LogP contribution in [0.25, 0.3) is 0 Å². The lowest BCUT2D eigenvalue weighted by Crippen LogP contribution is -2.59. The molecule has 6 nitrogen and oxygen atoms in total. The van der Waals surface area contributed by atoms with E-state index in [2.05, 4.69) is 0 Å². The van der Waals surface area contributed by atoms with Gasteiger partial charge in [0.05, 0.1) is 6.61 Å². The summed E-state index contributed by atoms with van der Waals surface area (Å²) in [7, 11) is 0. The quantitative estimate of drug-likeness (QED) is 0.597. The molecule has 2 amide bonds. The lowest BCUT2D eigenvalue weighted by molar-refractivity contribution is -0.152. The van der Waals surface area contributed by atoms with Crippen molar-refractivity contribution >= 4 is 12.0 Å². The number of primary amides is 1. The molecule has 2 atom stereocenters. The fourth-order valence-corrected chi connectivity index (χ4v) is 2.66. The summed E-state index contributed by atoms with van der Waals surface area (Å²) in [5, 5.41) is 3.26. The van der Waals surface area contributed by atoms with Gasteiger partial charge in [-0.05, 0) is 33.1 Å². The van der Waals surface area contributed by atoms with Crippen LogP contribution in [0, 0.1) is 0 Å². The van der Waals surface area contributed by atoms with E-state index in [0.29, 0.717) is 6.61 Å². The van der Waals surface area contributed by atoms with Gasteiger partial charge < -0.3 is 10.5 Å². The molecule has 2 N–H and O–H groups in total. The fraction of sp³-hybridized carbons (Fsp3) is 0.857. The van der Waals surface area contributed by atoms with Gasteiger partial charge in [0, 0.05) is 12.1 Å². The lowest BCUT2D eigenvalue weighted by atomic mass is 9.99. The third-order valence-electron chi connectivity index (χ3n) is 3.72. The Morgan fingerprint density at radius 1 is 1.30 bits per heavy atom. The van der Waals surface area contributed by atoms with Crippen molar-refractivity contribution in [2.75, 3.05) is 13.2 Å². The molecule has 0 saturated carbocycles. The summed E-state index contributed by atoms with van der Waals surface area (Å²) < 4.78 is 5.11. The SMILES string of the molecule is CCCCOC(=O)CN(C(N)=O)N1C(C)CCCC1C. The Hall–Kier alpha value is -1.30. The van der Waals surface area contributed by atoms with E-state index >= 15 is 0 Å². The van der Waals surface area contributed by atoms with E-state index < -0.39 is 12.0 Å². The molecule has 1 aliphatic rings. The second-order valence-electron chi connectivity index (χ2n) is 5.48. The molecule has 0 spiro atoms. The molecule has 0 radical (unpaired) electrons. The van der Waals surface area contributed by atoms with Crippen molar-refractivity contribution in [3.05, 3.63) is 0 Å². The van der Waals surface area contributed by atoms with Crippen molar-refractivity contribution in [3.63, 3.8) is 0 Å². The van der Waals surface area contributed by atoms with E-state index in [0.717, 1.165) is 32.1 Å². The maximum atomic E-state index is 11.8. The van der Waals surface area contributed by atoms with Gasteiger partial charge in [0.25, 0.3) is 0 Å². The molecule has 0 aromatic carbocycles. The Bertz CT molecular complexity index is 326. The van der Waals surface area contributed by atoms with Crippen LogP contribution in [-0.4, -0.2) is 47.3 Å². The molecule has 20 heavy (non-hydrogen) atoms. The van der Waals surface area contributed by atoms with Crippen molar-refractivity contribution in [2.45, 2.75) is 65.0 Å². The highest BCUT2D eigenvalue weighted by Gasteiger charge is 2.33. The van der Waals surface area contributed by atoms with Gasteiger partial charge in [-0.15, -0.1) is 0 Å². The molecule has 0 aliphatic carbocycles. The first kappa shape index (κ1) is 16.8. The zero-order valence-corrected chi connectivity index (χ0v) is 12.8. The zero-order valence-electron chi connectivity index (χ0n) is 12.8. The summed E-state index contributed by atoms with van der Waals surface area (Å²) >= 11 is 0. The summed E-state index contributed by atoms with van der Waals surface area (Å²) in [6.07, 6.45) is 4.93. The van der Waals surface area contributed by atoms with Gasteiger partial charge in [-0.2, -0.15) is 0 Å². The highest BCUT2D eigenvalue weighted by molar-refractivity contribution is 5.79. The number of hydrazine groups is 1. The van der Waals surface area contributed by atoms with Crippen LogP contribution in [0.5, 0.6) is 0 Å². The number of piperidine rings is 1. The van der Waals surface area contributed by atoms with Gasteiger partial charge in [0.15, 0.2) is 0 Å². The Balaban J connectivity index is 2.63. The highest BCUT2D eigenvalue weighted by Crippen LogP contribution is 2.24. The predicted octanol–water partition coefficient (Wildman–Crippen LogP) is 1.89. The van der Waals surface area contributed by atoms with Gasteiger partial charge in [-0.25, -0.2) is 14.8 Å². The average Bonchev–Trinajstić information content (AvgIpc) is 2.37. The Labute approximate surface area is 121 Å². The summed E-state index contributed by atoms with van der Waals surface area (Å²) in [6.45, 7) is 6.42. The predicted molar refractivity (Wildman–Crippen MR) is 76.8 cm³/mol. The molecule has 1 saturated heterocycles. The summed E-state index contributed by atoms with van der Waals surface area (Å²) in [6, 6.07) is -0.192. The molecule has 1 fully saturated rings. The van der Waals surface area contributed by atoms with E-state index in [9.17, 15) is 9.59 Å². The molecular weight excluding hydrogens is 258 g/mol. The number of esters is 1. The minimum absolute atomic E-state index is 0.103. The molecule has 6 heteroatoms. The third-order valence-corrected chi connectivity index (χ3v) is 3.72. The number of unbranched alkanes of at least 4 members (excludes halogenated alkanes) is 1. The second-order valence-corrected chi connectivity index (χ2v) is 5.48. The van der Waals surface area contributed by atoms with Gasteiger partial charge >= 0.3 is 12.0 Å². The van der Waals surface area contributed by atoms with Crippen LogP contribution in [0.3, 0.4) is 0 Å². The van der Waals surface area contributed by atoms with Crippen LogP contribution in [0.1, 0.15) is 52.9 Å². The molecule has 0 aromatic rings. The molecule has 1 rings (SSSR count). The highest BCUT2D eigenvalue weighted by atomic mass is 16.5. The number of hydrogen-bond donors (Lipinski definition) is 1. The molecular formula is C14H27N3O3. The number of carbonyl (C=O) groups is 2. The normalized spacial score (nSPS) is 23.4. The molecule has 116 valence electrons. The van der Waals surface area contributed by atoms with Gasteiger partial charge in [-0.1, -0.05) is 19.8 Å². The van der Waals surface area contributed by atoms with E-state index in [1.54, 1.807) is 0 Å². The maximum absolute atomic E-state index is 11.8. The number of rotatable bonds is 6. The fourth-order valence-electron chi connectivity index (χ4n) is 2.66. The minimum Gasteiger partial charge on any atom is -0.464 e. The van der Waals surface area contributed by atoms with Crippen LogP contribution < -0.4 is 5.73 Å². The number of nitrogens with zero attached hydrogens (tertiary/aromatic N) is 2. The van der Waals surface area contributed by atoms with E-state index in [1.807, 2.05) is 25.8 Å². The van der Waals surface area contributed by atoms with E-state index in [-0.39, 0.29) is 18.6 Å². The number of hydrogen-bond acceptors (Lipinski definition) is 4. The molecule has 0 bridgehead atoms. The van der Waals surface area contributed by atoms with Crippen molar-refractivity contribution in [1.29, 1.82) is 0 Å². The number of amides is 2. The van der Waals surface area contributed by atoms with Crippen LogP contribution in [0.4, 0.5) is 4.79 Å². The zero-order chi connectivity index (χ0) is 15.1. The van der Waals surface area contributed by atoms with Gasteiger partial charge in [-0.3, -0.25) is 4.79 Å². The second kappa shape index (κ2) is 8.09. The van der Waals surface area contributed by atoms with Gasteiger partial charge in [0.2, 0.25) is 0 Å². The molecule has 1 aliphatic heterocycles. The van der Waals surface area contributed by atoms with Crippen molar-refractivity contribution in [1.82, 2.24) is 10.0 Å². The van der Waals surface area contributed by atoms with Gasteiger partial charge in [0.1, 0.15) is 6.54 Å².